The molecule has 0 unspecified atom stereocenters. The van der Waals surface area contributed by atoms with Crippen molar-refractivity contribution >= 4 is 5.97 Å². The van der Waals surface area contributed by atoms with Gasteiger partial charge < -0.3 is 9.64 Å². The van der Waals surface area contributed by atoms with E-state index < -0.39 is 0 Å². The Morgan fingerprint density at radius 3 is 2.38 bits per heavy atom. The highest BCUT2D eigenvalue weighted by molar-refractivity contribution is 5.88. The normalized spacial score (nSPS) is 11.2. The molecular weight excluding hydrogens is 166 g/mol. The van der Waals surface area contributed by atoms with Gasteiger partial charge in [-0.15, -0.1) is 0 Å². The minimum atomic E-state index is -0.196. The van der Waals surface area contributed by atoms with Crippen LogP contribution in [0.5, 0.6) is 0 Å². The van der Waals surface area contributed by atoms with Gasteiger partial charge in [0, 0.05) is 20.3 Å². The summed E-state index contributed by atoms with van der Waals surface area (Å²) < 4.78 is 4.92. The van der Waals surface area contributed by atoms with Gasteiger partial charge in [-0.25, -0.2) is 4.79 Å². The molecule has 0 heterocycles. The van der Waals surface area contributed by atoms with Gasteiger partial charge in [0.1, 0.15) is 0 Å². The van der Waals surface area contributed by atoms with Crippen LogP contribution in [0.1, 0.15) is 26.7 Å². The number of hydrogen-bond donors (Lipinski definition) is 0. The van der Waals surface area contributed by atoms with Crippen LogP contribution < -0.4 is 0 Å². The van der Waals surface area contributed by atoms with Gasteiger partial charge in [-0.3, -0.25) is 0 Å². The third-order valence-corrected chi connectivity index (χ3v) is 1.47. The number of carbonyl (C=O) groups excluding carboxylic acids is 1. The predicted octanol–water partition coefficient (Wildman–Crippen LogP) is 1.80. The maximum atomic E-state index is 11.4. The summed E-state index contributed by atoms with van der Waals surface area (Å²) in [5, 5.41) is 0. The number of nitrogens with zero attached hydrogens (tertiary/aromatic N) is 1. The molecule has 0 fully saturated rings. The van der Waals surface area contributed by atoms with E-state index in [-0.39, 0.29) is 5.97 Å². The van der Waals surface area contributed by atoms with Crippen molar-refractivity contribution in [2.75, 3.05) is 20.7 Å². The van der Waals surface area contributed by atoms with Crippen molar-refractivity contribution < 1.29 is 9.53 Å². The van der Waals surface area contributed by atoms with Gasteiger partial charge in [-0.2, -0.15) is 0 Å². The molecule has 0 aliphatic carbocycles. The fraction of sp³-hybridized carbons (Fsp3) is 0.700. The summed E-state index contributed by atoms with van der Waals surface area (Å²) in [6, 6.07) is 0. The molecule has 0 atom stereocenters. The highest BCUT2D eigenvalue weighted by Gasteiger charge is 2.09. The van der Waals surface area contributed by atoms with Crippen LogP contribution in [0.4, 0.5) is 0 Å². The maximum absolute atomic E-state index is 11.4. The van der Waals surface area contributed by atoms with Crippen LogP contribution in [0, 0.1) is 0 Å². The number of ether oxygens (including phenoxy) is 1. The molecule has 0 aliphatic rings. The van der Waals surface area contributed by atoms with E-state index in [4.69, 9.17) is 4.74 Å². The van der Waals surface area contributed by atoms with Crippen molar-refractivity contribution in [1.29, 1.82) is 0 Å². The van der Waals surface area contributed by atoms with Crippen molar-refractivity contribution in [2.45, 2.75) is 26.7 Å². The highest BCUT2D eigenvalue weighted by atomic mass is 16.5. The first-order valence-corrected chi connectivity index (χ1v) is 4.66. The molecule has 0 aromatic carbocycles. The zero-order valence-electron chi connectivity index (χ0n) is 8.96. The van der Waals surface area contributed by atoms with Crippen molar-refractivity contribution in [1.82, 2.24) is 4.90 Å². The third kappa shape index (κ3) is 5.28. The Morgan fingerprint density at radius 1 is 1.38 bits per heavy atom. The Bertz CT molecular complexity index is 185. The van der Waals surface area contributed by atoms with Gasteiger partial charge in [-0.1, -0.05) is 13.3 Å². The maximum Gasteiger partial charge on any atom is 0.335 e. The van der Waals surface area contributed by atoms with Gasteiger partial charge in [0.05, 0.1) is 12.2 Å². The average Bonchev–Trinajstić information content (AvgIpc) is 2.03. The van der Waals surface area contributed by atoms with E-state index in [0.717, 1.165) is 18.4 Å². The predicted molar refractivity (Wildman–Crippen MR) is 53.3 cm³/mol. The quantitative estimate of drug-likeness (QED) is 0.483. The van der Waals surface area contributed by atoms with E-state index in [9.17, 15) is 4.79 Å². The molecule has 0 aromatic heterocycles. The Hall–Kier alpha value is -0.990. The Labute approximate surface area is 80.4 Å². The molecule has 3 heteroatoms. The minimum absolute atomic E-state index is 0.196. The number of rotatable bonds is 5. The summed E-state index contributed by atoms with van der Waals surface area (Å²) in [4.78, 5) is 13.2. The Balaban J connectivity index is 4.31. The molecule has 0 bridgehead atoms. The molecule has 0 spiro atoms. The fourth-order valence-corrected chi connectivity index (χ4v) is 1.02. The molecule has 3 nitrogen and oxygen atoms in total. The smallest absolute Gasteiger partial charge is 0.335 e. The molecular formula is C10H19NO2. The molecule has 13 heavy (non-hydrogen) atoms. The number of carbonyl (C=O) groups is 1. The van der Waals surface area contributed by atoms with Crippen LogP contribution in [-0.2, 0) is 9.53 Å². The summed E-state index contributed by atoms with van der Waals surface area (Å²) in [6.07, 6.45) is 3.55. The fourth-order valence-electron chi connectivity index (χ4n) is 1.02. The Morgan fingerprint density at radius 2 is 2.00 bits per heavy atom. The van der Waals surface area contributed by atoms with Crippen molar-refractivity contribution in [3.63, 3.8) is 0 Å². The molecule has 0 rings (SSSR count). The second kappa shape index (κ2) is 6.52. The van der Waals surface area contributed by atoms with Crippen LogP contribution in [0.25, 0.3) is 0 Å². The van der Waals surface area contributed by atoms with Crippen molar-refractivity contribution in [3.05, 3.63) is 11.8 Å². The standard InChI is InChI=1S/C10H19NO2/c1-5-7-9(8-11(3)4)10(12)13-6-2/h8H,5-7H2,1-4H3. The second-order valence-corrected chi connectivity index (χ2v) is 3.09. The lowest BCUT2D eigenvalue weighted by molar-refractivity contribution is -0.138. The summed E-state index contributed by atoms with van der Waals surface area (Å²) in [7, 11) is 3.80. The van der Waals surface area contributed by atoms with Crippen molar-refractivity contribution in [3.8, 4) is 0 Å². The first-order chi connectivity index (χ1) is 6.11. The zero-order chi connectivity index (χ0) is 10.3. The molecule has 0 saturated carbocycles. The molecule has 0 aromatic rings. The topological polar surface area (TPSA) is 29.5 Å². The van der Waals surface area contributed by atoms with E-state index in [1.807, 2.05) is 39.0 Å². The largest absolute Gasteiger partial charge is 0.463 e. The van der Waals surface area contributed by atoms with E-state index in [0.29, 0.717) is 6.61 Å². The number of esters is 1. The molecule has 0 radical (unpaired) electrons. The lowest BCUT2D eigenvalue weighted by atomic mass is 10.1. The van der Waals surface area contributed by atoms with Crippen LogP contribution in [0.3, 0.4) is 0 Å². The van der Waals surface area contributed by atoms with Crippen molar-refractivity contribution in [2.24, 2.45) is 0 Å². The lowest BCUT2D eigenvalue weighted by Gasteiger charge is -2.10. The van der Waals surface area contributed by atoms with E-state index in [1.54, 1.807) is 0 Å². The average molecular weight is 185 g/mol. The van der Waals surface area contributed by atoms with Gasteiger partial charge in [0.15, 0.2) is 0 Å². The summed E-state index contributed by atoms with van der Waals surface area (Å²) in [5.74, 6) is -0.196. The van der Waals surface area contributed by atoms with Gasteiger partial charge in [0.25, 0.3) is 0 Å². The van der Waals surface area contributed by atoms with Crippen LogP contribution in [-0.4, -0.2) is 31.6 Å². The molecule has 0 N–H and O–H groups in total. The van der Waals surface area contributed by atoms with Gasteiger partial charge in [0.2, 0.25) is 0 Å². The van der Waals surface area contributed by atoms with Gasteiger partial charge >= 0.3 is 5.97 Å². The first-order valence-electron chi connectivity index (χ1n) is 4.66. The molecule has 0 amide bonds. The van der Waals surface area contributed by atoms with Crippen LogP contribution in [0.15, 0.2) is 11.8 Å². The SMILES string of the molecule is CCCC(=CN(C)C)C(=O)OCC. The van der Waals surface area contributed by atoms with E-state index >= 15 is 0 Å². The molecule has 76 valence electrons. The van der Waals surface area contributed by atoms with E-state index in [2.05, 4.69) is 0 Å². The van der Waals surface area contributed by atoms with E-state index in [1.165, 1.54) is 0 Å². The summed E-state index contributed by atoms with van der Waals surface area (Å²) in [6.45, 7) is 4.30. The van der Waals surface area contributed by atoms with Crippen LogP contribution >= 0.6 is 0 Å². The zero-order valence-corrected chi connectivity index (χ0v) is 8.96. The first kappa shape index (κ1) is 12.0. The molecule has 0 saturated heterocycles. The monoisotopic (exact) mass is 185 g/mol. The minimum Gasteiger partial charge on any atom is -0.463 e. The summed E-state index contributed by atoms with van der Waals surface area (Å²) >= 11 is 0. The van der Waals surface area contributed by atoms with Crippen LogP contribution in [0.2, 0.25) is 0 Å². The third-order valence-electron chi connectivity index (χ3n) is 1.47. The van der Waals surface area contributed by atoms with Gasteiger partial charge in [-0.05, 0) is 13.3 Å². The highest BCUT2D eigenvalue weighted by Crippen LogP contribution is 2.07. The number of hydrogen-bond acceptors (Lipinski definition) is 3. The Kier molecular flexibility index (Phi) is 6.02. The second-order valence-electron chi connectivity index (χ2n) is 3.09. The molecule has 0 aliphatic heterocycles. The summed E-state index contributed by atoms with van der Waals surface area (Å²) in [5.41, 5.74) is 0.745. The lowest BCUT2D eigenvalue weighted by Crippen LogP contribution is -2.12.